The lowest BCUT2D eigenvalue weighted by atomic mass is 9.72. The van der Waals surface area contributed by atoms with E-state index in [9.17, 15) is 10.2 Å². The van der Waals surface area contributed by atoms with Crippen molar-refractivity contribution in [2.45, 2.75) is 51.7 Å². The average molecular weight is 172 g/mol. The van der Waals surface area contributed by atoms with E-state index in [1.54, 1.807) is 0 Å². The van der Waals surface area contributed by atoms with Gasteiger partial charge in [-0.15, -0.1) is 0 Å². The summed E-state index contributed by atoms with van der Waals surface area (Å²) < 4.78 is 0. The van der Waals surface area contributed by atoms with Gasteiger partial charge in [0.25, 0.3) is 0 Å². The average Bonchev–Trinajstić information content (AvgIpc) is 1.97. The Morgan fingerprint density at radius 2 is 2.00 bits per heavy atom. The first-order chi connectivity index (χ1) is 5.47. The maximum atomic E-state index is 10.1. The normalized spacial score (nSPS) is 43.5. The second-order valence-corrected chi connectivity index (χ2v) is 4.54. The Morgan fingerprint density at radius 1 is 1.42 bits per heavy atom. The molecule has 0 saturated heterocycles. The molecule has 3 atom stereocenters. The molecule has 0 amide bonds. The summed E-state index contributed by atoms with van der Waals surface area (Å²) in [6.45, 7) is 6.07. The first-order valence-corrected chi connectivity index (χ1v) is 4.87. The highest BCUT2D eigenvalue weighted by Gasteiger charge is 2.42. The minimum Gasteiger partial charge on any atom is -0.390 e. The van der Waals surface area contributed by atoms with Crippen molar-refractivity contribution >= 4 is 0 Å². The number of aliphatic hydroxyl groups excluding tert-OH is 1. The van der Waals surface area contributed by atoms with Crippen molar-refractivity contribution in [2.24, 2.45) is 11.8 Å². The highest BCUT2D eigenvalue weighted by atomic mass is 16.3. The molecule has 2 N–H and O–H groups in total. The van der Waals surface area contributed by atoms with Crippen LogP contribution in [0.3, 0.4) is 0 Å². The molecule has 0 aromatic rings. The molecule has 0 aliphatic heterocycles. The van der Waals surface area contributed by atoms with Gasteiger partial charge in [-0.25, -0.2) is 0 Å². The van der Waals surface area contributed by atoms with Crippen LogP contribution in [0.4, 0.5) is 0 Å². The SMILES string of the molecule is CC1CCC(O)(C(C)C)C(O)C1. The summed E-state index contributed by atoms with van der Waals surface area (Å²) in [5.41, 5.74) is -0.827. The largest absolute Gasteiger partial charge is 0.390 e. The molecule has 0 heterocycles. The molecule has 72 valence electrons. The van der Waals surface area contributed by atoms with Gasteiger partial charge in [0.2, 0.25) is 0 Å². The van der Waals surface area contributed by atoms with Gasteiger partial charge >= 0.3 is 0 Å². The monoisotopic (exact) mass is 172 g/mol. The first kappa shape index (κ1) is 10.0. The Hall–Kier alpha value is -0.0800. The summed E-state index contributed by atoms with van der Waals surface area (Å²) in [7, 11) is 0. The van der Waals surface area contributed by atoms with Gasteiger partial charge in [-0.3, -0.25) is 0 Å². The molecule has 2 heteroatoms. The summed E-state index contributed by atoms with van der Waals surface area (Å²) in [5.74, 6) is 0.707. The van der Waals surface area contributed by atoms with Crippen LogP contribution in [-0.2, 0) is 0 Å². The van der Waals surface area contributed by atoms with Crippen LogP contribution in [0.1, 0.15) is 40.0 Å². The Labute approximate surface area is 74.6 Å². The zero-order chi connectivity index (χ0) is 9.35. The zero-order valence-corrected chi connectivity index (χ0v) is 8.25. The molecule has 1 aliphatic carbocycles. The van der Waals surface area contributed by atoms with Gasteiger partial charge in [-0.05, 0) is 31.1 Å². The molecule has 0 aromatic heterocycles. The van der Waals surface area contributed by atoms with Crippen LogP contribution in [0.15, 0.2) is 0 Å². The molecule has 0 radical (unpaired) electrons. The first-order valence-electron chi connectivity index (χ1n) is 4.87. The molecule has 1 saturated carbocycles. The van der Waals surface area contributed by atoms with E-state index in [1.807, 2.05) is 13.8 Å². The summed E-state index contributed by atoms with van der Waals surface area (Å²) in [5, 5.41) is 19.8. The van der Waals surface area contributed by atoms with E-state index < -0.39 is 11.7 Å². The molecular weight excluding hydrogens is 152 g/mol. The predicted octanol–water partition coefficient (Wildman–Crippen LogP) is 1.55. The second-order valence-electron chi connectivity index (χ2n) is 4.54. The Morgan fingerprint density at radius 3 is 2.42 bits per heavy atom. The van der Waals surface area contributed by atoms with Crippen molar-refractivity contribution in [1.82, 2.24) is 0 Å². The van der Waals surface area contributed by atoms with E-state index in [-0.39, 0.29) is 5.92 Å². The predicted molar refractivity (Wildman–Crippen MR) is 48.8 cm³/mol. The fourth-order valence-electron chi connectivity index (χ4n) is 2.02. The maximum Gasteiger partial charge on any atom is 0.0928 e. The molecule has 1 rings (SSSR count). The number of hydrogen-bond donors (Lipinski definition) is 2. The minimum atomic E-state index is -0.827. The summed E-state index contributed by atoms with van der Waals surface area (Å²) >= 11 is 0. The fraction of sp³-hybridized carbons (Fsp3) is 1.00. The summed E-state index contributed by atoms with van der Waals surface area (Å²) in [4.78, 5) is 0. The van der Waals surface area contributed by atoms with Gasteiger partial charge in [-0.1, -0.05) is 20.8 Å². The third kappa shape index (κ3) is 1.64. The molecule has 12 heavy (non-hydrogen) atoms. The minimum absolute atomic E-state index is 0.153. The molecule has 0 aromatic carbocycles. The molecular formula is C10H20O2. The van der Waals surface area contributed by atoms with Gasteiger partial charge in [0.15, 0.2) is 0 Å². The van der Waals surface area contributed by atoms with E-state index in [2.05, 4.69) is 6.92 Å². The standard InChI is InChI=1S/C10H20O2/c1-7(2)10(12)5-4-8(3)6-9(10)11/h7-9,11-12H,4-6H2,1-3H3. The van der Waals surface area contributed by atoms with E-state index in [4.69, 9.17) is 0 Å². The van der Waals surface area contributed by atoms with Crippen LogP contribution in [0, 0.1) is 11.8 Å². The van der Waals surface area contributed by atoms with Crippen LogP contribution in [0.2, 0.25) is 0 Å². The van der Waals surface area contributed by atoms with Crippen molar-refractivity contribution in [2.75, 3.05) is 0 Å². The van der Waals surface area contributed by atoms with Gasteiger partial charge in [0.1, 0.15) is 0 Å². The maximum absolute atomic E-state index is 10.1. The van der Waals surface area contributed by atoms with Crippen molar-refractivity contribution in [3.8, 4) is 0 Å². The third-order valence-electron chi connectivity index (χ3n) is 3.24. The highest BCUT2D eigenvalue weighted by Crippen LogP contribution is 2.36. The van der Waals surface area contributed by atoms with E-state index in [0.717, 1.165) is 19.3 Å². The number of hydrogen-bond acceptors (Lipinski definition) is 2. The van der Waals surface area contributed by atoms with Gasteiger partial charge in [0.05, 0.1) is 11.7 Å². The molecule has 3 unspecified atom stereocenters. The van der Waals surface area contributed by atoms with Gasteiger partial charge in [-0.2, -0.15) is 0 Å². The molecule has 2 nitrogen and oxygen atoms in total. The van der Waals surface area contributed by atoms with Gasteiger partial charge < -0.3 is 10.2 Å². The van der Waals surface area contributed by atoms with Crippen LogP contribution in [0.25, 0.3) is 0 Å². The zero-order valence-electron chi connectivity index (χ0n) is 8.25. The van der Waals surface area contributed by atoms with E-state index in [0.29, 0.717) is 5.92 Å². The smallest absolute Gasteiger partial charge is 0.0928 e. The van der Waals surface area contributed by atoms with Crippen molar-refractivity contribution in [1.29, 1.82) is 0 Å². The second kappa shape index (κ2) is 3.35. The van der Waals surface area contributed by atoms with Crippen LogP contribution < -0.4 is 0 Å². The van der Waals surface area contributed by atoms with Gasteiger partial charge in [0, 0.05) is 0 Å². The van der Waals surface area contributed by atoms with Crippen molar-refractivity contribution in [3.05, 3.63) is 0 Å². The lowest BCUT2D eigenvalue weighted by Crippen LogP contribution is -2.50. The lowest BCUT2D eigenvalue weighted by molar-refractivity contribution is -0.136. The molecule has 0 spiro atoms. The third-order valence-corrected chi connectivity index (χ3v) is 3.24. The van der Waals surface area contributed by atoms with Crippen LogP contribution in [0.5, 0.6) is 0 Å². The Balaban J connectivity index is 2.66. The Kier molecular flexibility index (Phi) is 2.79. The molecule has 1 fully saturated rings. The van der Waals surface area contributed by atoms with E-state index in [1.165, 1.54) is 0 Å². The molecule has 1 aliphatic rings. The quantitative estimate of drug-likeness (QED) is 0.630. The van der Waals surface area contributed by atoms with Crippen LogP contribution >= 0.6 is 0 Å². The van der Waals surface area contributed by atoms with Crippen LogP contribution in [-0.4, -0.2) is 21.9 Å². The lowest BCUT2D eigenvalue weighted by Gasteiger charge is -2.42. The van der Waals surface area contributed by atoms with Crippen molar-refractivity contribution < 1.29 is 10.2 Å². The number of rotatable bonds is 1. The van der Waals surface area contributed by atoms with Crippen molar-refractivity contribution in [3.63, 3.8) is 0 Å². The topological polar surface area (TPSA) is 40.5 Å². The van der Waals surface area contributed by atoms with E-state index >= 15 is 0 Å². The Bertz CT molecular complexity index is 156. The summed E-state index contributed by atoms with van der Waals surface area (Å²) in [6.07, 6.45) is 1.99. The molecule has 0 bridgehead atoms. The summed E-state index contributed by atoms with van der Waals surface area (Å²) in [6, 6.07) is 0. The fourth-order valence-corrected chi connectivity index (χ4v) is 2.02. The highest BCUT2D eigenvalue weighted by molar-refractivity contribution is 4.93. The number of aliphatic hydroxyl groups is 2.